The first-order valence-electron chi connectivity index (χ1n) is 10.9. The van der Waals surface area contributed by atoms with Crippen molar-refractivity contribution in [3.63, 3.8) is 0 Å². The molecule has 5 aromatic rings. The second-order valence-electron chi connectivity index (χ2n) is 7.88. The van der Waals surface area contributed by atoms with E-state index >= 15 is 0 Å². The molecule has 0 saturated heterocycles. The number of rotatable bonds is 6. The third-order valence-electron chi connectivity index (χ3n) is 5.41. The Bertz CT molecular complexity index is 1620. The van der Waals surface area contributed by atoms with E-state index in [0.29, 0.717) is 34.4 Å². The smallest absolute Gasteiger partial charge is 0.294 e. The van der Waals surface area contributed by atoms with Crippen molar-refractivity contribution in [3.05, 3.63) is 103 Å². The van der Waals surface area contributed by atoms with E-state index in [2.05, 4.69) is 15.0 Å². The first kappa shape index (κ1) is 23.2. The van der Waals surface area contributed by atoms with Gasteiger partial charge < -0.3 is 10.5 Å². The van der Waals surface area contributed by atoms with Crippen LogP contribution in [0.1, 0.15) is 0 Å². The van der Waals surface area contributed by atoms with Crippen molar-refractivity contribution < 1.29 is 17.7 Å². The van der Waals surface area contributed by atoms with Crippen LogP contribution in [-0.2, 0) is 10.1 Å². The molecule has 0 atom stereocenters. The molecule has 0 aliphatic carbocycles. The summed E-state index contributed by atoms with van der Waals surface area (Å²) in [4.78, 5) is 12.9. The summed E-state index contributed by atoms with van der Waals surface area (Å²) in [6.07, 6.45) is 1.40. The number of nitrogens with zero attached hydrogens (tertiary/aromatic N) is 3. The van der Waals surface area contributed by atoms with Crippen molar-refractivity contribution >= 4 is 15.8 Å². The van der Waals surface area contributed by atoms with E-state index in [0.717, 1.165) is 16.7 Å². The molecule has 178 valence electrons. The van der Waals surface area contributed by atoms with Crippen molar-refractivity contribution in [3.8, 4) is 45.4 Å². The second-order valence-corrected chi connectivity index (χ2v) is 9.30. The topological polar surface area (TPSA) is 128 Å². The van der Waals surface area contributed by atoms with E-state index < -0.39 is 10.1 Å². The molecular weight excluding hydrogens is 476 g/mol. The van der Waals surface area contributed by atoms with Crippen LogP contribution >= 0.6 is 0 Å². The first-order valence-corrected chi connectivity index (χ1v) is 12.3. The minimum atomic E-state index is -4.28. The third kappa shape index (κ3) is 5.07. The lowest BCUT2D eigenvalue weighted by Gasteiger charge is -2.13. The number of aromatic nitrogens is 3. The van der Waals surface area contributed by atoms with Crippen molar-refractivity contribution in [2.75, 3.05) is 5.73 Å². The van der Waals surface area contributed by atoms with Gasteiger partial charge in [0.2, 0.25) is 0 Å². The lowest BCUT2D eigenvalue weighted by molar-refractivity contribution is 0.483. The Morgan fingerprint density at radius 2 is 1.36 bits per heavy atom. The van der Waals surface area contributed by atoms with Gasteiger partial charge in [0.15, 0.2) is 11.6 Å². The summed E-state index contributed by atoms with van der Waals surface area (Å²) in [5, 5.41) is 0. The summed E-state index contributed by atoms with van der Waals surface area (Å²) in [7, 11) is -4.28. The minimum Gasteiger partial charge on any atom is -0.457 e. The summed E-state index contributed by atoms with van der Waals surface area (Å²) < 4.78 is 38.0. The lowest BCUT2D eigenvalue weighted by Crippen LogP contribution is -1.99. The molecule has 0 spiro atoms. The highest BCUT2D eigenvalue weighted by Gasteiger charge is 2.14. The second kappa shape index (κ2) is 9.57. The molecule has 0 unspecified atom stereocenters. The normalized spacial score (nSPS) is 11.2. The first-order chi connectivity index (χ1) is 17.4. The van der Waals surface area contributed by atoms with E-state index in [1.807, 2.05) is 60.7 Å². The SMILES string of the molecule is Nc1ccc(Oc2ccc(-c3ncnc(-c4ccc(S(=O)(=O)O)cc4)n3)cc2-c2ccccc2)cc1. The molecule has 0 saturated carbocycles. The van der Waals surface area contributed by atoms with Crippen LogP contribution in [0.15, 0.2) is 108 Å². The molecule has 8 nitrogen and oxygen atoms in total. The number of anilines is 1. The zero-order chi connectivity index (χ0) is 25.1. The predicted octanol–water partition coefficient (Wildman–Crippen LogP) is 5.49. The summed E-state index contributed by atoms with van der Waals surface area (Å²) in [5.74, 6) is 2.12. The quantitative estimate of drug-likeness (QED) is 0.233. The average molecular weight is 497 g/mol. The van der Waals surface area contributed by atoms with Gasteiger partial charge >= 0.3 is 0 Å². The molecule has 3 N–H and O–H groups in total. The van der Waals surface area contributed by atoms with Gasteiger partial charge in [-0.3, -0.25) is 4.55 Å². The van der Waals surface area contributed by atoms with Crippen LogP contribution in [0.5, 0.6) is 11.5 Å². The minimum absolute atomic E-state index is 0.204. The van der Waals surface area contributed by atoms with Gasteiger partial charge in [0.1, 0.15) is 17.8 Å². The number of hydrogen-bond donors (Lipinski definition) is 2. The highest BCUT2D eigenvalue weighted by molar-refractivity contribution is 7.85. The van der Waals surface area contributed by atoms with Gasteiger partial charge in [0.25, 0.3) is 10.1 Å². The highest BCUT2D eigenvalue weighted by atomic mass is 32.2. The summed E-state index contributed by atoms with van der Waals surface area (Å²) in [6.45, 7) is 0. The third-order valence-corrected chi connectivity index (χ3v) is 6.28. The molecule has 0 amide bonds. The Balaban J connectivity index is 1.53. The monoisotopic (exact) mass is 496 g/mol. The molecule has 1 aromatic heterocycles. The molecule has 0 fully saturated rings. The van der Waals surface area contributed by atoms with Crippen molar-refractivity contribution in [2.24, 2.45) is 0 Å². The van der Waals surface area contributed by atoms with Crippen molar-refractivity contribution in [1.82, 2.24) is 15.0 Å². The molecule has 5 rings (SSSR count). The van der Waals surface area contributed by atoms with Crippen LogP contribution in [-0.4, -0.2) is 27.9 Å². The fourth-order valence-electron chi connectivity index (χ4n) is 3.61. The van der Waals surface area contributed by atoms with E-state index in [-0.39, 0.29) is 4.90 Å². The highest BCUT2D eigenvalue weighted by Crippen LogP contribution is 2.36. The fourth-order valence-corrected chi connectivity index (χ4v) is 4.09. The maximum absolute atomic E-state index is 11.3. The van der Waals surface area contributed by atoms with Gasteiger partial charge in [-0.05, 0) is 72.3 Å². The van der Waals surface area contributed by atoms with Gasteiger partial charge in [-0.25, -0.2) is 15.0 Å². The Kier molecular flexibility index (Phi) is 6.16. The number of nitrogens with two attached hydrogens (primary N) is 1. The van der Waals surface area contributed by atoms with E-state index in [1.165, 1.54) is 30.6 Å². The molecule has 4 aromatic carbocycles. The Morgan fingerprint density at radius 3 is 2.03 bits per heavy atom. The number of nitrogen functional groups attached to an aromatic ring is 1. The number of benzene rings is 4. The van der Waals surface area contributed by atoms with Gasteiger partial charge in [-0.1, -0.05) is 30.3 Å². The molecule has 36 heavy (non-hydrogen) atoms. The summed E-state index contributed by atoms with van der Waals surface area (Å²) in [5.41, 5.74) is 9.58. The van der Waals surface area contributed by atoms with E-state index in [1.54, 1.807) is 12.1 Å². The van der Waals surface area contributed by atoms with Crippen LogP contribution < -0.4 is 10.5 Å². The summed E-state index contributed by atoms with van der Waals surface area (Å²) in [6, 6.07) is 28.3. The molecule has 0 radical (unpaired) electrons. The summed E-state index contributed by atoms with van der Waals surface area (Å²) >= 11 is 0. The van der Waals surface area contributed by atoms with E-state index in [9.17, 15) is 13.0 Å². The van der Waals surface area contributed by atoms with Gasteiger partial charge in [0, 0.05) is 22.4 Å². The maximum atomic E-state index is 11.3. The average Bonchev–Trinajstić information content (AvgIpc) is 2.90. The molecule has 1 heterocycles. The fraction of sp³-hybridized carbons (Fsp3) is 0. The van der Waals surface area contributed by atoms with Crippen LogP contribution in [0.2, 0.25) is 0 Å². The Morgan fingerprint density at radius 1 is 0.722 bits per heavy atom. The standard InChI is InChI=1S/C27H20N4O4S/c28-21-9-11-22(12-10-21)35-25-15-8-20(16-24(25)18-4-2-1-3-5-18)27-30-17-29-26(31-27)19-6-13-23(14-7-19)36(32,33)34/h1-17H,28H2,(H,32,33,34). The van der Waals surface area contributed by atoms with E-state index in [4.69, 9.17) is 10.5 Å². The maximum Gasteiger partial charge on any atom is 0.294 e. The molecular formula is C27H20N4O4S. The van der Waals surface area contributed by atoms with Crippen molar-refractivity contribution in [1.29, 1.82) is 0 Å². The zero-order valence-corrected chi connectivity index (χ0v) is 19.6. The van der Waals surface area contributed by atoms with Crippen LogP contribution in [0.25, 0.3) is 33.9 Å². The van der Waals surface area contributed by atoms with Crippen LogP contribution in [0, 0.1) is 0 Å². The largest absolute Gasteiger partial charge is 0.457 e. The number of hydrogen-bond acceptors (Lipinski definition) is 7. The van der Waals surface area contributed by atoms with Crippen LogP contribution in [0.4, 0.5) is 5.69 Å². The van der Waals surface area contributed by atoms with Gasteiger partial charge in [0.05, 0.1) is 4.90 Å². The van der Waals surface area contributed by atoms with Gasteiger partial charge in [-0.2, -0.15) is 8.42 Å². The zero-order valence-electron chi connectivity index (χ0n) is 18.8. The Labute approximate surface area is 207 Å². The lowest BCUT2D eigenvalue weighted by atomic mass is 10.0. The van der Waals surface area contributed by atoms with Crippen molar-refractivity contribution in [2.45, 2.75) is 4.90 Å². The van der Waals surface area contributed by atoms with Crippen LogP contribution in [0.3, 0.4) is 0 Å². The number of ether oxygens (including phenoxy) is 1. The molecule has 0 bridgehead atoms. The molecule has 9 heteroatoms. The predicted molar refractivity (Wildman–Crippen MR) is 137 cm³/mol. The molecule has 0 aliphatic heterocycles. The van der Waals surface area contributed by atoms with Gasteiger partial charge in [-0.15, -0.1) is 0 Å². The molecule has 0 aliphatic rings. The Hall–Kier alpha value is -4.60.